The van der Waals surface area contributed by atoms with Gasteiger partial charge in [-0.25, -0.2) is 4.79 Å². The number of hydrogen-bond acceptors (Lipinski definition) is 4. The fourth-order valence-corrected chi connectivity index (χ4v) is 2.61. The van der Waals surface area contributed by atoms with E-state index < -0.39 is 6.03 Å². The largest absolute Gasteiger partial charge is 0.482 e. The van der Waals surface area contributed by atoms with Crippen molar-refractivity contribution in [3.63, 3.8) is 0 Å². The molecular formula is C15H16ClN5O3. The van der Waals surface area contributed by atoms with E-state index in [-0.39, 0.29) is 17.5 Å². The van der Waals surface area contributed by atoms with E-state index in [2.05, 4.69) is 21.0 Å². The molecule has 3 N–H and O–H groups in total. The number of ether oxygens (including phenoxy) is 1. The summed E-state index contributed by atoms with van der Waals surface area (Å²) in [5, 5.41) is 12.6. The van der Waals surface area contributed by atoms with Gasteiger partial charge in [0.1, 0.15) is 11.6 Å². The Bertz CT molecular complexity index is 846. The number of aromatic nitrogens is 2. The average Bonchev–Trinajstić information content (AvgIpc) is 2.75. The Balaban J connectivity index is 1.78. The Kier molecular flexibility index (Phi) is 4.06. The molecule has 0 atom stereocenters. The molecule has 0 aliphatic carbocycles. The Morgan fingerprint density at radius 2 is 2.12 bits per heavy atom. The van der Waals surface area contributed by atoms with Crippen molar-refractivity contribution >= 4 is 40.7 Å². The number of nitrogens with zero attached hydrogens (tertiary/aromatic N) is 2. The summed E-state index contributed by atoms with van der Waals surface area (Å²) in [5.74, 6) is 0.795. The third-order valence-corrected chi connectivity index (χ3v) is 4.02. The molecule has 0 bridgehead atoms. The Hall–Kier alpha value is -2.74. The molecule has 0 fully saturated rings. The van der Waals surface area contributed by atoms with Crippen molar-refractivity contribution in [1.29, 1.82) is 0 Å². The first-order valence-corrected chi connectivity index (χ1v) is 7.57. The molecule has 1 aromatic carbocycles. The standard InChI is InChI=1S/C15H16ClN5O3/c1-7-8(2)20-21(3)14(7)19-15(23)18-10-5-12-11(4-9(10)16)17-13(22)6-24-12/h4-5H,6H2,1-3H3,(H,17,22)(H2,18,19,23). The quantitative estimate of drug-likeness (QED) is 0.776. The van der Waals surface area contributed by atoms with Crippen LogP contribution in [0.25, 0.3) is 0 Å². The summed E-state index contributed by atoms with van der Waals surface area (Å²) in [5.41, 5.74) is 2.57. The number of aryl methyl sites for hydroxylation is 2. The fraction of sp³-hybridized carbons (Fsp3) is 0.267. The minimum atomic E-state index is -0.456. The molecule has 1 aliphatic rings. The summed E-state index contributed by atoms with van der Waals surface area (Å²) in [4.78, 5) is 23.5. The summed E-state index contributed by atoms with van der Waals surface area (Å²) in [6.45, 7) is 3.67. The second kappa shape index (κ2) is 6.04. The van der Waals surface area contributed by atoms with Gasteiger partial charge < -0.3 is 15.4 Å². The number of nitrogens with one attached hydrogen (secondary N) is 3. The topological polar surface area (TPSA) is 97.3 Å². The van der Waals surface area contributed by atoms with Gasteiger partial charge in [-0.2, -0.15) is 5.10 Å². The van der Waals surface area contributed by atoms with E-state index in [1.54, 1.807) is 17.8 Å². The number of amides is 3. The molecule has 126 valence electrons. The average molecular weight is 350 g/mol. The van der Waals surface area contributed by atoms with E-state index in [0.717, 1.165) is 11.3 Å². The molecule has 0 saturated heterocycles. The van der Waals surface area contributed by atoms with Gasteiger partial charge in [0.05, 0.1) is 22.1 Å². The van der Waals surface area contributed by atoms with Crippen LogP contribution in [0.4, 0.5) is 22.0 Å². The minimum absolute atomic E-state index is 0.0756. The molecule has 2 aromatic rings. The molecule has 0 spiro atoms. The number of urea groups is 1. The number of hydrogen-bond donors (Lipinski definition) is 3. The highest BCUT2D eigenvalue weighted by Crippen LogP contribution is 2.36. The van der Waals surface area contributed by atoms with Crippen molar-refractivity contribution < 1.29 is 14.3 Å². The molecule has 8 nitrogen and oxygen atoms in total. The molecule has 3 rings (SSSR count). The monoisotopic (exact) mass is 349 g/mol. The van der Waals surface area contributed by atoms with E-state index in [1.807, 2.05) is 13.8 Å². The lowest BCUT2D eigenvalue weighted by Gasteiger charge is -2.19. The zero-order valence-electron chi connectivity index (χ0n) is 13.4. The van der Waals surface area contributed by atoms with Crippen LogP contribution in [0.3, 0.4) is 0 Å². The molecule has 0 unspecified atom stereocenters. The molecular weight excluding hydrogens is 334 g/mol. The number of rotatable bonds is 2. The number of carbonyl (C=O) groups is 2. The van der Waals surface area contributed by atoms with E-state index >= 15 is 0 Å². The zero-order chi connectivity index (χ0) is 17.4. The number of benzene rings is 1. The lowest BCUT2D eigenvalue weighted by Crippen LogP contribution is -2.26. The van der Waals surface area contributed by atoms with Crippen LogP contribution >= 0.6 is 11.6 Å². The van der Waals surface area contributed by atoms with Crippen molar-refractivity contribution in [3.05, 3.63) is 28.4 Å². The van der Waals surface area contributed by atoms with Gasteiger partial charge in [0.15, 0.2) is 6.61 Å². The second-order valence-electron chi connectivity index (χ2n) is 5.43. The van der Waals surface area contributed by atoms with Gasteiger partial charge in [0.25, 0.3) is 5.91 Å². The first-order valence-electron chi connectivity index (χ1n) is 7.19. The van der Waals surface area contributed by atoms with Crippen molar-refractivity contribution in [2.75, 3.05) is 22.6 Å². The normalized spacial score (nSPS) is 12.9. The first kappa shape index (κ1) is 16.1. The SMILES string of the molecule is Cc1nn(C)c(NC(=O)Nc2cc3c(cc2Cl)NC(=O)CO3)c1C. The minimum Gasteiger partial charge on any atom is -0.482 e. The number of halogens is 1. The predicted molar refractivity (Wildman–Crippen MR) is 90.9 cm³/mol. The highest BCUT2D eigenvalue weighted by molar-refractivity contribution is 6.34. The van der Waals surface area contributed by atoms with Crippen molar-refractivity contribution in [2.45, 2.75) is 13.8 Å². The van der Waals surface area contributed by atoms with E-state index in [1.165, 1.54) is 6.07 Å². The maximum absolute atomic E-state index is 12.2. The summed E-state index contributed by atoms with van der Waals surface area (Å²) >= 11 is 6.16. The summed E-state index contributed by atoms with van der Waals surface area (Å²) in [6.07, 6.45) is 0. The maximum atomic E-state index is 12.2. The summed E-state index contributed by atoms with van der Waals surface area (Å²) < 4.78 is 6.91. The Morgan fingerprint density at radius 1 is 1.38 bits per heavy atom. The molecule has 1 aromatic heterocycles. The van der Waals surface area contributed by atoms with Crippen LogP contribution in [0.1, 0.15) is 11.3 Å². The van der Waals surface area contributed by atoms with Gasteiger partial charge >= 0.3 is 6.03 Å². The third kappa shape index (κ3) is 3.00. The van der Waals surface area contributed by atoms with Crippen LogP contribution in [0.5, 0.6) is 5.75 Å². The van der Waals surface area contributed by atoms with Gasteiger partial charge in [-0.1, -0.05) is 11.6 Å². The zero-order valence-corrected chi connectivity index (χ0v) is 14.1. The van der Waals surface area contributed by atoms with Crippen LogP contribution in [-0.2, 0) is 11.8 Å². The van der Waals surface area contributed by atoms with Gasteiger partial charge in [-0.05, 0) is 19.9 Å². The van der Waals surface area contributed by atoms with Gasteiger partial charge in [-0.3, -0.25) is 14.8 Å². The number of carbonyl (C=O) groups excluding carboxylic acids is 2. The van der Waals surface area contributed by atoms with Crippen LogP contribution in [0, 0.1) is 13.8 Å². The predicted octanol–water partition coefficient (Wildman–Crippen LogP) is 2.67. The maximum Gasteiger partial charge on any atom is 0.324 e. The van der Waals surface area contributed by atoms with Crippen molar-refractivity contribution in [3.8, 4) is 5.75 Å². The van der Waals surface area contributed by atoms with Crippen LogP contribution in [-0.4, -0.2) is 28.3 Å². The molecule has 1 aliphatic heterocycles. The molecule has 0 radical (unpaired) electrons. The van der Waals surface area contributed by atoms with E-state index in [9.17, 15) is 9.59 Å². The molecule has 0 saturated carbocycles. The van der Waals surface area contributed by atoms with Gasteiger partial charge in [0, 0.05) is 18.7 Å². The third-order valence-electron chi connectivity index (χ3n) is 3.70. The molecule has 2 heterocycles. The van der Waals surface area contributed by atoms with Crippen LogP contribution < -0.4 is 20.7 Å². The fourth-order valence-electron chi connectivity index (χ4n) is 2.40. The van der Waals surface area contributed by atoms with Crippen LogP contribution in [0.2, 0.25) is 5.02 Å². The number of anilines is 3. The molecule has 24 heavy (non-hydrogen) atoms. The van der Waals surface area contributed by atoms with Gasteiger partial charge in [-0.15, -0.1) is 0 Å². The summed E-state index contributed by atoms with van der Waals surface area (Å²) in [7, 11) is 1.75. The Labute approximate surface area is 143 Å². The van der Waals surface area contributed by atoms with E-state index in [0.29, 0.717) is 22.9 Å². The van der Waals surface area contributed by atoms with Gasteiger partial charge in [0.2, 0.25) is 0 Å². The van der Waals surface area contributed by atoms with E-state index in [4.69, 9.17) is 16.3 Å². The lowest BCUT2D eigenvalue weighted by molar-refractivity contribution is -0.118. The highest BCUT2D eigenvalue weighted by atomic mass is 35.5. The summed E-state index contributed by atoms with van der Waals surface area (Å²) in [6, 6.07) is 2.64. The second-order valence-corrected chi connectivity index (χ2v) is 5.83. The Morgan fingerprint density at radius 3 is 2.79 bits per heavy atom. The molecule has 3 amide bonds. The smallest absolute Gasteiger partial charge is 0.324 e. The molecule has 9 heteroatoms. The lowest BCUT2D eigenvalue weighted by atomic mass is 10.2. The number of fused-ring (bicyclic) bond motifs is 1. The van der Waals surface area contributed by atoms with Crippen LogP contribution in [0.15, 0.2) is 12.1 Å². The highest BCUT2D eigenvalue weighted by Gasteiger charge is 2.19. The van der Waals surface area contributed by atoms with Crippen molar-refractivity contribution in [1.82, 2.24) is 9.78 Å². The first-order chi connectivity index (χ1) is 11.3. The van der Waals surface area contributed by atoms with Crippen molar-refractivity contribution in [2.24, 2.45) is 7.05 Å².